The average Bonchev–Trinajstić information content (AvgIpc) is 2.57. The molecule has 1 aromatic carbocycles. The Labute approximate surface area is 93.0 Å². The number of hydrogen-bond acceptors (Lipinski definition) is 3. The summed E-state index contributed by atoms with van der Waals surface area (Å²) in [6.45, 7) is 3.78. The molecule has 2 N–H and O–H groups in total. The molecule has 0 saturated carbocycles. The Morgan fingerprint density at radius 1 is 1.31 bits per heavy atom. The molecule has 0 atom stereocenters. The van der Waals surface area contributed by atoms with Crippen LogP contribution in [0.3, 0.4) is 0 Å². The lowest BCUT2D eigenvalue weighted by molar-refractivity contribution is 0.0961. The molecule has 16 heavy (non-hydrogen) atoms. The van der Waals surface area contributed by atoms with Gasteiger partial charge in [-0.1, -0.05) is 18.2 Å². The second-order valence-electron chi connectivity index (χ2n) is 3.80. The maximum atomic E-state index is 11.2. The summed E-state index contributed by atoms with van der Waals surface area (Å²) in [5.41, 5.74) is 5.24. The molecule has 1 amide bonds. The smallest absolute Gasteiger partial charge is 0.293 e. The van der Waals surface area contributed by atoms with Gasteiger partial charge in [-0.05, 0) is 19.9 Å². The molecule has 2 aromatic rings. The monoisotopic (exact) mass is 219 g/mol. The summed E-state index contributed by atoms with van der Waals surface area (Å²) in [6, 6.07) is 7.30. The van der Waals surface area contributed by atoms with Crippen LogP contribution in [0.4, 0.5) is 0 Å². The fourth-order valence-corrected chi connectivity index (χ4v) is 1.55. The number of furan rings is 1. The van der Waals surface area contributed by atoms with E-state index in [1.165, 1.54) is 0 Å². The highest BCUT2D eigenvalue weighted by atomic mass is 16.6. The highest BCUT2D eigenvalue weighted by Gasteiger charge is 2.18. The Morgan fingerprint density at radius 2 is 1.94 bits per heavy atom. The number of rotatable bonds is 3. The first kappa shape index (κ1) is 10.5. The van der Waals surface area contributed by atoms with Gasteiger partial charge in [0.1, 0.15) is 0 Å². The van der Waals surface area contributed by atoms with Gasteiger partial charge in [-0.2, -0.15) is 0 Å². The zero-order valence-corrected chi connectivity index (χ0v) is 9.19. The number of hydrogen-bond donors (Lipinski definition) is 1. The SMILES string of the molecule is CC(C)Oc1oc(C(N)=O)c2ccccc12. The quantitative estimate of drug-likeness (QED) is 0.861. The van der Waals surface area contributed by atoms with Crippen molar-refractivity contribution in [2.75, 3.05) is 0 Å². The van der Waals surface area contributed by atoms with Crippen LogP contribution in [-0.4, -0.2) is 12.0 Å². The van der Waals surface area contributed by atoms with Gasteiger partial charge in [0.2, 0.25) is 5.76 Å². The third kappa shape index (κ3) is 1.74. The molecule has 1 heterocycles. The normalized spacial score (nSPS) is 10.9. The Bertz CT molecular complexity index is 528. The van der Waals surface area contributed by atoms with E-state index in [1.807, 2.05) is 32.0 Å². The summed E-state index contributed by atoms with van der Waals surface area (Å²) in [5, 5.41) is 1.45. The number of benzene rings is 1. The van der Waals surface area contributed by atoms with Crippen LogP contribution in [0.5, 0.6) is 5.95 Å². The van der Waals surface area contributed by atoms with Crippen LogP contribution in [0, 0.1) is 0 Å². The van der Waals surface area contributed by atoms with Gasteiger partial charge in [-0.15, -0.1) is 0 Å². The topological polar surface area (TPSA) is 65.5 Å². The second-order valence-corrected chi connectivity index (χ2v) is 3.80. The molecule has 0 fully saturated rings. The molecule has 0 spiro atoms. The Hall–Kier alpha value is -1.97. The van der Waals surface area contributed by atoms with E-state index in [0.717, 1.165) is 5.39 Å². The molecule has 0 aliphatic rings. The molecular formula is C12H13NO3. The van der Waals surface area contributed by atoms with E-state index in [9.17, 15) is 4.79 Å². The van der Waals surface area contributed by atoms with E-state index in [-0.39, 0.29) is 11.9 Å². The van der Waals surface area contributed by atoms with Gasteiger partial charge in [0.15, 0.2) is 0 Å². The number of carbonyl (C=O) groups is 1. The van der Waals surface area contributed by atoms with Gasteiger partial charge in [0, 0.05) is 5.39 Å². The van der Waals surface area contributed by atoms with Gasteiger partial charge in [0.05, 0.1) is 11.5 Å². The van der Waals surface area contributed by atoms with Gasteiger partial charge in [0.25, 0.3) is 11.9 Å². The minimum atomic E-state index is -0.588. The van der Waals surface area contributed by atoms with Gasteiger partial charge in [-0.3, -0.25) is 4.79 Å². The molecule has 2 rings (SSSR count). The molecule has 0 radical (unpaired) electrons. The summed E-state index contributed by atoms with van der Waals surface area (Å²) in [5.74, 6) is -0.0968. The van der Waals surface area contributed by atoms with E-state index >= 15 is 0 Å². The molecule has 0 aliphatic heterocycles. The fourth-order valence-electron chi connectivity index (χ4n) is 1.55. The number of nitrogens with two attached hydrogens (primary N) is 1. The molecule has 4 nitrogen and oxygen atoms in total. The van der Waals surface area contributed by atoms with Gasteiger partial charge >= 0.3 is 0 Å². The zero-order valence-electron chi connectivity index (χ0n) is 9.19. The van der Waals surface area contributed by atoms with E-state index in [2.05, 4.69) is 0 Å². The predicted octanol–water partition coefficient (Wildman–Crippen LogP) is 2.32. The Kier molecular flexibility index (Phi) is 2.56. The van der Waals surface area contributed by atoms with Crippen molar-refractivity contribution in [3.63, 3.8) is 0 Å². The largest absolute Gasteiger partial charge is 0.462 e. The molecular weight excluding hydrogens is 206 g/mol. The van der Waals surface area contributed by atoms with Crippen molar-refractivity contribution in [1.82, 2.24) is 0 Å². The molecule has 84 valence electrons. The Balaban J connectivity index is 2.62. The van der Waals surface area contributed by atoms with Gasteiger partial charge < -0.3 is 14.9 Å². The van der Waals surface area contributed by atoms with Crippen LogP contribution >= 0.6 is 0 Å². The second kappa shape index (κ2) is 3.89. The van der Waals surface area contributed by atoms with Crippen LogP contribution in [-0.2, 0) is 0 Å². The zero-order chi connectivity index (χ0) is 11.7. The first-order valence-electron chi connectivity index (χ1n) is 5.07. The van der Waals surface area contributed by atoms with Crippen molar-refractivity contribution in [2.45, 2.75) is 20.0 Å². The molecule has 0 saturated heterocycles. The van der Waals surface area contributed by atoms with Crippen LogP contribution in [0.25, 0.3) is 10.8 Å². The van der Waals surface area contributed by atoms with Crippen molar-refractivity contribution in [3.8, 4) is 5.95 Å². The summed E-state index contributed by atoms with van der Waals surface area (Å²) < 4.78 is 10.8. The third-order valence-corrected chi connectivity index (χ3v) is 2.15. The number of primary amides is 1. The third-order valence-electron chi connectivity index (χ3n) is 2.15. The maximum Gasteiger partial charge on any atom is 0.293 e. The summed E-state index contributed by atoms with van der Waals surface area (Å²) in [6.07, 6.45) is -0.0183. The number of carbonyl (C=O) groups excluding carboxylic acids is 1. The molecule has 0 bridgehead atoms. The van der Waals surface area contributed by atoms with Crippen LogP contribution in [0.1, 0.15) is 24.4 Å². The Morgan fingerprint density at radius 3 is 2.50 bits per heavy atom. The van der Waals surface area contributed by atoms with E-state index in [0.29, 0.717) is 11.3 Å². The van der Waals surface area contributed by atoms with Crippen molar-refractivity contribution in [1.29, 1.82) is 0 Å². The van der Waals surface area contributed by atoms with Crippen LogP contribution < -0.4 is 10.5 Å². The van der Waals surface area contributed by atoms with Crippen molar-refractivity contribution >= 4 is 16.7 Å². The van der Waals surface area contributed by atoms with E-state index < -0.39 is 5.91 Å². The lowest BCUT2D eigenvalue weighted by Gasteiger charge is -2.05. The minimum Gasteiger partial charge on any atom is -0.462 e. The fraction of sp³-hybridized carbons (Fsp3) is 0.250. The standard InChI is InChI=1S/C12H13NO3/c1-7(2)15-12-9-6-4-3-5-8(9)10(16-12)11(13)14/h3-7H,1-2H3,(H2,13,14). The molecule has 4 heteroatoms. The number of fused-ring (bicyclic) bond motifs is 1. The minimum absolute atomic E-state index is 0.0183. The summed E-state index contributed by atoms with van der Waals surface area (Å²) >= 11 is 0. The average molecular weight is 219 g/mol. The predicted molar refractivity (Wildman–Crippen MR) is 60.5 cm³/mol. The molecule has 1 aromatic heterocycles. The summed E-state index contributed by atoms with van der Waals surface area (Å²) in [4.78, 5) is 11.2. The number of ether oxygens (including phenoxy) is 1. The van der Waals surface area contributed by atoms with Gasteiger partial charge in [-0.25, -0.2) is 0 Å². The first-order valence-corrected chi connectivity index (χ1v) is 5.07. The molecule has 0 unspecified atom stereocenters. The lowest BCUT2D eigenvalue weighted by Crippen LogP contribution is -2.10. The van der Waals surface area contributed by atoms with Crippen molar-refractivity contribution in [2.24, 2.45) is 5.73 Å². The van der Waals surface area contributed by atoms with E-state index in [1.54, 1.807) is 6.07 Å². The highest BCUT2D eigenvalue weighted by Crippen LogP contribution is 2.32. The van der Waals surface area contributed by atoms with Crippen molar-refractivity contribution in [3.05, 3.63) is 30.0 Å². The van der Waals surface area contributed by atoms with Crippen LogP contribution in [0.2, 0.25) is 0 Å². The maximum absolute atomic E-state index is 11.2. The summed E-state index contributed by atoms with van der Waals surface area (Å²) in [7, 11) is 0. The van der Waals surface area contributed by atoms with Crippen molar-refractivity contribution < 1.29 is 13.9 Å². The lowest BCUT2D eigenvalue weighted by atomic mass is 10.2. The number of amides is 1. The van der Waals surface area contributed by atoms with Crippen LogP contribution in [0.15, 0.2) is 28.7 Å². The van der Waals surface area contributed by atoms with E-state index in [4.69, 9.17) is 14.9 Å². The first-order chi connectivity index (χ1) is 7.59. The highest BCUT2D eigenvalue weighted by molar-refractivity contribution is 6.05. The molecule has 0 aliphatic carbocycles.